The second-order valence-electron chi connectivity index (χ2n) is 6.03. The lowest BCUT2D eigenvalue weighted by Gasteiger charge is -2.31. The summed E-state index contributed by atoms with van der Waals surface area (Å²) in [5.41, 5.74) is 1.41. The third-order valence-electron chi connectivity index (χ3n) is 4.25. The van der Waals surface area contributed by atoms with Crippen molar-refractivity contribution in [3.63, 3.8) is 0 Å². The number of hydrogen-bond donors (Lipinski definition) is 1. The van der Waals surface area contributed by atoms with Gasteiger partial charge in [-0.3, -0.25) is 9.48 Å². The van der Waals surface area contributed by atoms with Crippen molar-refractivity contribution in [2.24, 2.45) is 7.05 Å². The highest BCUT2D eigenvalue weighted by molar-refractivity contribution is 5.92. The van der Waals surface area contributed by atoms with Crippen LogP contribution in [0, 0.1) is 6.92 Å². The molecule has 0 radical (unpaired) electrons. The zero-order valence-corrected chi connectivity index (χ0v) is 12.7. The van der Waals surface area contributed by atoms with Crippen LogP contribution in [0.2, 0.25) is 0 Å². The van der Waals surface area contributed by atoms with E-state index in [-0.39, 0.29) is 17.8 Å². The molecule has 1 N–H and O–H groups in total. The molecule has 1 aromatic heterocycles. The van der Waals surface area contributed by atoms with Gasteiger partial charge in [0.25, 0.3) is 5.91 Å². The van der Waals surface area contributed by atoms with E-state index in [1.54, 1.807) is 17.8 Å². The van der Waals surface area contributed by atoms with Gasteiger partial charge in [0, 0.05) is 26.4 Å². The molecule has 1 saturated carbocycles. The lowest BCUT2D eigenvalue weighted by atomic mass is 9.94. The minimum Gasteiger partial charge on any atom is -0.348 e. The molecule has 1 amide bonds. The zero-order chi connectivity index (χ0) is 14.9. The number of amides is 1. The van der Waals surface area contributed by atoms with Crippen LogP contribution in [0.15, 0.2) is 6.07 Å². The fourth-order valence-corrected chi connectivity index (χ4v) is 3.19. The van der Waals surface area contributed by atoms with Crippen molar-refractivity contribution in [2.75, 3.05) is 13.2 Å². The first-order chi connectivity index (χ1) is 10.1. The SMILES string of the molecule is Cc1cc(C(=O)NC[C@H]2COC3(CCCCC3)O2)n(C)n1. The standard InChI is InChI=1S/C15H23N3O3/c1-11-8-13(18(2)17-11)14(19)16-9-12-10-20-15(21-12)6-4-3-5-7-15/h8,12H,3-7,9-10H2,1-2H3,(H,16,19)/t12-/m0/s1. The second kappa shape index (κ2) is 5.77. The molecule has 3 rings (SSSR count). The molecule has 1 aromatic rings. The smallest absolute Gasteiger partial charge is 0.269 e. The maximum absolute atomic E-state index is 12.1. The zero-order valence-electron chi connectivity index (χ0n) is 12.7. The number of aromatic nitrogens is 2. The van der Waals surface area contributed by atoms with Gasteiger partial charge in [-0.2, -0.15) is 5.10 Å². The Balaban J connectivity index is 1.52. The van der Waals surface area contributed by atoms with Crippen molar-refractivity contribution in [1.29, 1.82) is 0 Å². The molecule has 21 heavy (non-hydrogen) atoms. The topological polar surface area (TPSA) is 65.4 Å². The average Bonchev–Trinajstić information content (AvgIpc) is 3.01. The molecule has 2 aliphatic rings. The van der Waals surface area contributed by atoms with Gasteiger partial charge in [-0.05, 0) is 25.8 Å². The van der Waals surface area contributed by atoms with Crippen LogP contribution in [0.3, 0.4) is 0 Å². The maximum atomic E-state index is 12.1. The number of carbonyl (C=O) groups excluding carboxylic acids is 1. The van der Waals surface area contributed by atoms with E-state index >= 15 is 0 Å². The van der Waals surface area contributed by atoms with Gasteiger partial charge in [-0.15, -0.1) is 0 Å². The van der Waals surface area contributed by atoms with Crippen LogP contribution in [-0.4, -0.2) is 40.7 Å². The van der Waals surface area contributed by atoms with E-state index in [0.29, 0.717) is 18.8 Å². The molecule has 1 aliphatic heterocycles. The first kappa shape index (κ1) is 14.5. The molecular weight excluding hydrogens is 270 g/mol. The molecular formula is C15H23N3O3. The van der Waals surface area contributed by atoms with Crippen LogP contribution in [0.1, 0.15) is 48.3 Å². The summed E-state index contributed by atoms with van der Waals surface area (Å²) in [5, 5.41) is 7.09. The molecule has 0 bridgehead atoms. The summed E-state index contributed by atoms with van der Waals surface area (Å²) in [6, 6.07) is 1.78. The maximum Gasteiger partial charge on any atom is 0.269 e. The molecule has 0 unspecified atom stereocenters. The first-order valence-corrected chi connectivity index (χ1v) is 7.69. The van der Waals surface area contributed by atoms with E-state index in [0.717, 1.165) is 31.4 Å². The molecule has 1 atom stereocenters. The Hall–Kier alpha value is -1.40. The molecule has 1 aliphatic carbocycles. The predicted molar refractivity (Wildman–Crippen MR) is 76.9 cm³/mol. The molecule has 6 nitrogen and oxygen atoms in total. The summed E-state index contributed by atoms with van der Waals surface area (Å²) in [7, 11) is 1.77. The molecule has 2 heterocycles. The van der Waals surface area contributed by atoms with E-state index in [2.05, 4.69) is 10.4 Å². The van der Waals surface area contributed by atoms with E-state index in [9.17, 15) is 4.79 Å². The summed E-state index contributed by atoms with van der Waals surface area (Å²) in [6.07, 6.45) is 5.47. The Kier molecular flexibility index (Phi) is 3.99. The number of hydrogen-bond acceptors (Lipinski definition) is 4. The Morgan fingerprint density at radius 2 is 2.24 bits per heavy atom. The van der Waals surface area contributed by atoms with E-state index in [1.165, 1.54) is 6.42 Å². The summed E-state index contributed by atoms with van der Waals surface area (Å²) in [6.45, 7) is 2.91. The number of nitrogens with zero attached hydrogens (tertiary/aromatic N) is 2. The van der Waals surface area contributed by atoms with Gasteiger partial charge in [0.1, 0.15) is 11.8 Å². The van der Waals surface area contributed by atoms with Crippen LogP contribution >= 0.6 is 0 Å². The first-order valence-electron chi connectivity index (χ1n) is 7.69. The normalized spacial score (nSPS) is 24.4. The Morgan fingerprint density at radius 1 is 1.48 bits per heavy atom. The molecule has 2 fully saturated rings. The number of rotatable bonds is 3. The van der Waals surface area contributed by atoms with Crippen molar-refractivity contribution in [3.05, 3.63) is 17.5 Å². The lowest BCUT2D eigenvalue weighted by molar-refractivity contribution is -0.186. The third-order valence-corrected chi connectivity index (χ3v) is 4.25. The summed E-state index contributed by atoms with van der Waals surface area (Å²) in [4.78, 5) is 12.1. The predicted octanol–water partition coefficient (Wildman–Crippen LogP) is 1.53. The van der Waals surface area contributed by atoms with Crippen LogP contribution in [0.25, 0.3) is 0 Å². The van der Waals surface area contributed by atoms with E-state index in [4.69, 9.17) is 9.47 Å². The van der Waals surface area contributed by atoms with Gasteiger partial charge in [-0.1, -0.05) is 6.42 Å². The Bertz CT molecular complexity index is 520. The van der Waals surface area contributed by atoms with E-state index < -0.39 is 0 Å². The molecule has 0 aromatic carbocycles. The van der Waals surface area contributed by atoms with E-state index in [1.807, 2.05) is 6.92 Å². The van der Waals surface area contributed by atoms with Crippen molar-refractivity contribution < 1.29 is 14.3 Å². The minimum absolute atomic E-state index is 0.0543. The quantitative estimate of drug-likeness (QED) is 0.918. The van der Waals surface area contributed by atoms with Crippen molar-refractivity contribution >= 4 is 5.91 Å². The number of nitrogens with one attached hydrogen (secondary N) is 1. The van der Waals surface area contributed by atoms with Gasteiger partial charge in [-0.25, -0.2) is 0 Å². The van der Waals surface area contributed by atoms with Crippen LogP contribution < -0.4 is 5.32 Å². The highest BCUT2D eigenvalue weighted by Crippen LogP contribution is 2.37. The van der Waals surface area contributed by atoms with Crippen LogP contribution in [0.5, 0.6) is 0 Å². The monoisotopic (exact) mass is 293 g/mol. The fourth-order valence-electron chi connectivity index (χ4n) is 3.19. The van der Waals surface area contributed by atoms with Gasteiger partial charge in [0.2, 0.25) is 0 Å². The van der Waals surface area contributed by atoms with Crippen LogP contribution in [-0.2, 0) is 16.5 Å². The lowest BCUT2D eigenvalue weighted by Crippen LogP contribution is -2.37. The second-order valence-corrected chi connectivity index (χ2v) is 6.03. The fraction of sp³-hybridized carbons (Fsp3) is 0.733. The van der Waals surface area contributed by atoms with Gasteiger partial charge >= 0.3 is 0 Å². The Labute approximate surface area is 124 Å². The Morgan fingerprint density at radius 3 is 2.90 bits per heavy atom. The molecule has 6 heteroatoms. The molecule has 116 valence electrons. The number of ether oxygens (including phenoxy) is 2. The highest BCUT2D eigenvalue weighted by Gasteiger charge is 2.42. The summed E-state index contributed by atoms with van der Waals surface area (Å²) < 4.78 is 13.5. The molecule has 1 spiro atoms. The average molecular weight is 293 g/mol. The van der Waals surface area contributed by atoms with Crippen molar-refractivity contribution in [3.8, 4) is 0 Å². The van der Waals surface area contributed by atoms with Gasteiger partial charge < -0.3 is 14.8 Å². The third kappa shape index (κ3) is 3.11. The van der Waals surface area contributed by atoms with Crippen LogP contribution in [0.4, 0.5) is 0 Å². The number of aryl methyl sites for hydroxylation is 2. The number of carbonyl (C=O) groups is 1. The van der Waals surface area contributed by atoms with Crippen molar-refractivity contribution in [1.82, 2.24) is 15.1 Å². The molecule has 1 saturated heterocycles. The summed E-state index contributed by atoms with van der Waals surface area (Å²) >= 11 is 0. The van der Waals surface area contributed by atoms with Gasteiger partial charge in [0.05, 0.1) is 12.3 Å². The minimum atomic E-state index is -0.378. The summed E-state index contributed by atoms with van der Waals surface area (Å²) in [5.74, 6) is -0.497. The largest absolute Gasteiger partial charge is 0.348 e. The van der Waals surface area contributed by atoms with Gasteiger partial charge in [0.15, 0.2) is 5.79 Å². The van der Waals surface area contributed by atoms with Crippen molar-refractivity contribution in [2.45, 2.75) is 50.9 Å². The highest BCUT2D eigenvalue weighted by atomic mass is 16.7.